The molecule has 2 rings (SSSR count). The van der Waals surface area contributed by atoms with Gasteiger partial charge in [-0.05, 0) is 25.0 Å². The Morgan fingerprint density at radius 3 is 2.67 bits per heavy atom. The molecule has 0 amide bonds. The van der Waals surface area contributed by atoms with Gasteiger partial charge in [-0.15, -0.1) is 0 Å². The Morgan fingerprint density at radius 2 is 2.10 bits per heavy atom. The van der Waals surface area contributed by atoms with Gasteiger partial charge in [0.2, 0.25) is 0 Å². The molecule has 6 heteroatoms. The number of aliphatic hydroxyl groups is 1. The minimum atomic E-state index is -0.459. The average Bonchev–Trinajstić information content (AvgIpc) is 2.47. The van der Waals surface area contributed by atoms with Gasteiger partial charge in [-0.1, -0.05) is 30.3 Å². The first-order chi connectivity index (χ1) is 10.1. The average molecular weight is 287 g/mol. The maximum atomic E-state index is 10.8. The topological polar surface area (TPSA) is 88.3 Å². The van der Waals surface area contributed by atoms with Gasteiger partial charge in [-0.3, -0.25) is 10.1 Å². The summed E-state index contributed by atoms with van der Waals surface area (Å²) in [6.45, 7) is 1.61. The molecule has 0 spiro atoms. The number of benzene rings is 1. The van der Waals surface area contributed by atoms with Crippen molar-refractivity contribution in [2.45, 2.75) is 19.4 Å². The number of aryl methyl sites for hydroxylation is 1. The van der Waals surface area contributed by atoms with Gasteiger partial charge in [0.05, 0.1) is 17.6 Å². The third-order valence-corrected chi connectivity index (χ3v) is 3.18. The SMILES string of the molecule is Cc1cc(NC(CO)Cc2ccccc2)ncc1[N+](=O)[O-]. The Morgan fingerprint density at radius 1 is 1.38 bits per heavy atom. The third-order valence-electron chi connectivity index (χ3n) is 3.18. The minimum Gasteiger partial charge on any atom is -0.394 e. The van der Waals surface area contributed by atoms with E-state index in [-0.39, 0.29) is 18.3 Å². The molecule has 0 aliphatic heterocycles. The molecule has 1 aromatic carbocycles. The summed E-state index contributed by atoms with van der Waals surface area (Å²) in [6.07, 6.45) is 1.88. The Kier molecular flexibility index (Phi) is 4.84. The first-order valence-electron chi connectivity index (χ1n) is 6.62. The van der Waals surface area contributed by atoms with Crippen LogP contribution in [0, 0.1) is 17.0 Å². The van der Waals surface area contributed by atoms with E-state index < -0.39 is 4.92 Å². The van der Waals surface area contributed by atoms with Gasteiger partial charge in [-0.2, -0.15) is 0 Å². The number of nitro groups is 1. The molecule has 1 aromatic heterocycles. The van der Waals surface area contributed by atoms with Gasteiger partial charge < -0.3 is 10.4 Å². The van der Waals surface area contributed by atoms with Crippen molar-refractivity contribution in [1.82, 2.24) is 4.98 Å². The van der Waals surface area contributed by atoms with Crippen molar-refractivity contribution in [3.05, 3.63) is 63.8 Å². The number of aromatic nitrogens is 1. The van der Waals surface area contributed by atoms with Gasteiger partial charge in [0.15, 0.2) is 0 Å². The number of aliphatic hydroxyl groups excluding tert-OH is 1. The summed E-state index contributed by atoms with van der Waals surface area (Å²) in [5.41, 5.74) is 1.63. The highest BCUT2D eigenvalue weighted by Crippen LogP contribution is 2.19. The van der Waals surface area contributed by atoms with Crippen LogP contribution >= 0.6 is 0 Å². The summed E-state index contributed by atoms with van der Waals surface area (Å²) >= 11 is 0. The van der Waals surface area contributed by atoms with E-state index in [0.29, 0.717) is 17.8 Å². The molecule has 0 saturated heterocycles. The summed E-state index contributed by atoms with van der Waals surface area (Å²) < 4.78 is 0. The number of nitrogens with zero attached hydrogens (tertiary/aromatic N) is 2. The molecule has 110 valence electrons. The van der Waals surface area contributed by atoms with Gasteiger partial charge >= 0.3 is 0 Å². The molecule has 6 nitrogen and oxygen atoms in total. The van der Waals surface area contributed by atoms with E-state index in [1.807, 2.05) is 30.3 Å². The fourth-order valence-electron chi connectivity index (χ4n) is 2.09. The van der Waals surface area contributed by atoms with Gasteiger partial charge in [0, 0.05) is 5.56 Å². The Labute approximate surface area is 122 Å². The lowest BCUT2D eigenvalue weighted by Crippen LogP contribution is -2.26. The molecular formula is C15H17N3O3. The van der Waals surface area contributed by atoms with Gasteiger partial charge in [0.25, 0.3) is 5.69 Å². The molecule has 1 unspecified atom stereocenters. The maximum absolute atomic E-state index is 10.8. The van der Waals surface area contributed by atoms with Crippen LogP contribution in [0.3, 0.4) is 0 Å². The highest BCUT2D eigenvalue weighted by molar-refractivity contribution is 5.47. The third kappa shape index (κ3) is 4.00. The molecule has 21 heavy (non-hydrogen) atoms. The van der Waals surface area contributed by atoms with E-state index in [4.69, 9.17) is 0 Å². The van der Waals surface area contributed by atoms with Crippen molar-refractivity contribution < 1.29 is 10.0 Å². The highest BCUT2D eigenvalue weighted by atomic mass is 16.6. The second kappa shape index (κ2) is 6.81. The molecule has 0 aliphatic carbocycles. The van der Waals surface area contributed by atoms with Crippen molar-refractivity contribution in [1.29, 1.82) is 0 Å². The normalized spacial score (nSPS) is 11.9. The second-order valence-electron chi connectivity index (χ2n) is 4.83. The van der Waals surface area contributed by atoms with Gasteiger partial charge in [0.1, 0.15) is 12.0 Å². The molecule has 2 aromatic rings. The number of hydrogen-bond donors (Lipinski definition) is 2. The summed E-state index contributed by atoms with van der Waals surface area (Å²) in [7, 11) is 0. The summed E-state index contributed by atoms with van der Waals surface area (Å²) in [6, 6.07) is 11.2. The molecule has 0 fully saturated rings. The highest BCUT2D eigenvalue weighted by Gasteiger charge is 2.14. The van der Waals surface area contributed by atoms with Crippen molar-refractivity contribution in [2.75, 3.05) is 11.9 Å². The molecule has 0 aliphatic rings. The van der Waals surface area contributed by atoms with Crippen LogP contribution in [-0.2, 0) is 6.42 Å². The van der Waals surface area contributed by atoms with E-state index >= 15 is 0 Å². The lowest BCUT2D eigenvalue weighted by molar-refractivity contribution is -0.385. The predicted molar refractivity (Wildman–Crippen MR) is 80.3 cm³/mol. The Hall–Kier alpha value is -2.47. The van der Waals surface area contributed by atoms with E-state index in [9.17, 15) is 15.2 Å². The molecule has 2 N–H and O–H groups in total. The largest absolute Gasteiger partial charge is 0.394 e. The lowest BCUT2D eigenvalue weighted by Gasteiger charge is -2.17. The van der Waals surface area contributed by atoms with Crippen LogP contribution in [0.15, 0.2) is 42.6 Å². The number of rotatable bonds is 6. The van der Waals surface area contributed by atoms with E-state index in [2.05, 4.69) is 10.3 Å². The second-order valence-corrected chi connectivity index (χ2v) is 4.83. The van der Waals surface area contributed by atoms with Crippen molar-refractivity contribution in [3.63, 3.8) is 0 Å². The minimum absolute atomic E-state index is 0.0100. The number of pyridine rings is 1. The Bertz CT molecular complexity index is 617. The van der Waals surface area contributed by atoms with Crippen LogP contribution in [0.1, 0.15) is 11.1 Å². The van der Waals surface area contributed by atoms with Crippen LogP contribution in [-0.4, -0.2) is 27.7 Å². The summed E-state index contributed by atoms with van der Waals surface area (Å²) in [4.78, 5) is 14.3. The van der Waals surface area contributed by atoms with E-state index in [0.717, 1.165) is 5.56 Å². The standard InChI is InChI=1S/C15H17N3O3/c1-11-7-15(16-9-14(11)18(20)21)17-13(10-19)8-12-5-3-2-4-6-12/h2-7,9,13,19H,8,10H2,1H3,(H,16,17). The molecule has 0 bridgehead atoms. The monoisotopic (exact) mass is 287 g/mol. The molecule has 0 saturated carbocycles. The van der Waals surface area contributed by atoms with Gasteiger partial charge in [-0.25, -0.2) is 4.98 Å². The van der Waals surface area contributed by atoms with Crippen LogP contribution in [0.25, 0.3) is 0 Å². The lowest BCUT2D eigenvalue weighted by atomic mass is 10.1. The smallest absolute Gasteiger partial charge is 0.290 e. The van der Waals surface area contributed by atoms with Crippen molar-refractivity contribution in [3.8, 4) is 0 Å². The fourth-order valence-corrected chi connectivity index (χ4v) is 2.09. The molecular weight excluding hydrogens is 270 g/mol. The summed E-state index contributed by atoms with van der Waals surface area (Å²) in [5.74, 6) is 0.521. The molecule has 1 atom stereocenters. The van der Waals surface area contributed by atoms with Crippen LogP contribution in [0.4, 0.5) is 11.5 Å². The molecule has 1 heterocycles. The summed E-state index contributed by atoms with van der Waals surface area (Å²) in [5, 5.41) is 23.3. The zero-order valence-electron chi connectivity index (χ0n) is 11.7. The van der Waals surface area contributed by atoms with Crippen LogP contribution < -0.4 is 5.32 Å². The van der Waals surface area contributed by atoms with Crippen molar-refractivity contribution >= 4 is 11.5 Å². The molecule has 0 radical (unpaired) electrons. The van der Waals surface area contributed by atoms with Crippen molar-refractivity contribution in [2.24, 2.45) is 0 Å². The Balaban J connectivity index is 2.08. The quantitative estimate of drug-likeness (QED) is 0.628. The van der Waals surface area contributed by atoms with Crippen LogP contribution in [0.2, 0.25) is 0 Å². The number of anilines is 1. The predicted octanol–water partition coefficient (Wildman–Crippen LogP) is 2.31. The zero-order chi connectivity index (χ0) is 15.2. The van der Waals surface area contributed by atoms with E-state index in [1.54, 1.807) is 13.0 Å². The first kappa shape index (κ1) is 14.9. The van der Waals surface area contributed by atoms with Crippen LogP contribution in [0.5, 0.6) is 0 Å². The first-order valence-corrected chi connectivity index (χ1v) is 6.62. The van der Waals surface area contributed by atoms with E-state index in [1.165, 1.54) is 6.20 Å². The maximum Gasteiger partial charge on any atom is 0.290 e. The zero-order valence-corrected chi connectivity index (χ0v) is 11.7. The fraction of sp³-hybridized carbons (Fsp3) is 0.267. The number of nitrogens with one attached hydrogen (secondary N) is 1. The number of hydrogen-bond acceptors (Lipinski definition) is 5.